The first-order valence-corrected chi connectivity index (χ1v) is 8.58. The van der Waals surface area contributed by atoms with Crippen LogP contribution in [-0.4, -0.2) is 54.0 Å². The lowest BCUT2D eigenvalue weighted by Crippen LogP contribution is -2.26. The van der Waals surface area contributed by atoms with Gasteiger partial charge in [-0.2, -0.15) is 4.89 Å². The maximum atomic E-state index is 9.62. The van der Waals surface area contributed by atoms with E-state index in [0.29, 0.717) is 5.75 Å². The van der Waals surface area contributed by atoms with Gasteiger partial charge in [-0.1, -0.05) is 38.3 Å². The van der Waals surface area contributed by atoms with Crippen molar-refractivity contribution in [1.82, 2.24) is 0 Å². The maximum Gasteiger partial charge on any atom is 0.165 e. The van der Waals surface area contributed by atoms with E-state index in [2.05, 4.69) is 6.92 Å². The monoisotopic (exact) mass is 342 g/mol. The minimum absolute atomic E-state index is 0.00286. The van der Waals surface area contributed by atoms with Gasteiger partial charge in [0.1, 0.15) is 18.8 Å². The van der Waals surface area contributed by atoms with E-state index in [1.165, 1.54) is 31.2 Å². The molecule has 0 fully saturated rings. The van der Waals surface area contributed by atoms with Crippen LogP contribution >= 0.6 is 0 Å². The highest BCUT2D eigenvalue weighted by atomic mass is 17.2. The van der Waals surface area contributed by atoms with Crippen LogP contribution in [0.5, 0.6) is 5.75 Å². The molecule has 0 radical (unpaired) electrons. The van der Waals surface area contributed by atoms with Crippen LogP contribution in [0, 0.1) is 0 Å². The largest absolute Gasteiger partial charge is 0.394 e. The highest BCUT2D eigenvalue weighted by molar-refractivity contribution is 5.26. The number of aryl methyl sites for hydroxylation is 1. The summed E-state index contributed by atoms with van der Waals surface area (Å²) in [6.45, 7) is 1.75. The summed E-state index contributed by atoms with van der Waals surface area (Å²) >= 11 is 0. The molecular formula is C18H30O6. The van der Waals surface area contributed by atoms with E-state index in [9.17, 15) is 5.11 Å². The van der Waals surface area contributed by atoms with E-state index in [0.717, 1.165) is 6.42 Å². The Hall–Kier alpha value is -1.18. The lowest BCUT2D eigenvalue weighted by Gasteiger charge is -2.13. The zero-order valence-electron chi connectivity index (χ0n) is 14.4. The average Bonchev–Trinajstić information content (AvgIpc) is 2.60. The number of rotatable bonds is 14. The minimum Gasteiger partial charge on any atom is -0.394 e. The molecule has 0 saturated heterocycles. The molecule has 0 spiro atoms. The summed E-state index contributed by atoms with van der Waals surface area (Å²) in [7, 11) is 0. The van der Waals surface area contributed by atoms with E-state index in [4.69, 9.17) is 24.7 Å². The van der Waals surface area contributed by atoms with Gasteiger partial charge in [0.2, 0.25) is 0 Å². The van der Waals surface area contributed by atoms with Crippen molar-refractivity contribution in [2.75, 3.05) is 26.4 Å². The molecule has 3 N–H and O–H groups in total. The van der Waals surface area contributed by atoms with Gasteiger partial charge in [-0.05, 0) is 30.5 Å². The average molecular weight is 342 g/mol. The van der Waals surface area contributed by atoms with Crippen LogP contribution in [0.1, 0.15) is 38.2 Å². The minimum atomic E-state index is -0.935. The Balaban J connectivity index is 2.13. The molecule has 0 bridgehead atoms. The molecule has 2 unspecified atom stereocenters. The van der Waals surface area contributed by atoms with Crippen molar-refractivity contribution in [3.8, 4) is 5.75 Å². The zero-order chi connectivity index (χ0) is 17.6. The topological polar surface area (TPSA) is 88.4 Å². The molecule has 0 amide bonds. The SMILES string of the molecule is CCCCCCc1ccc(OOCC(O)COCC(O)CO)cc1. The predicted octanol–water partition coefficient (Wildman–Crippen LogP) is 1.85. The quantitative estimate of drug-likeness (QED) is 0.272. The first-order chi connectivity index (χ1) is 11.7. The Kier molecular flexibility index (Phi) is 11.4. The van der Waals surface area contributed by atoms with Gasteiger partial charge in [-0.25, -0.2) is 0 Å². The molecule has 138 valence electrons. The van der Waals surface area contributed by atoms with Gasteiger partial charge < -0.3 is 24.9 Å². The van der Waals surface area contributed by atoms with Gasteiger partial charge in [0.15, 0.2) is 5.75 Å². The number of ether oxygens (including phenoxy) is 1. The van der Waals surface area contributed by atoms with Gasteiger partial charge in [0.05, 0.1) is 19.8 Å². The Bertz CT molecular complexity index is 408. The molecule has 2 atom stereocenters. The molecule has 1 aromatic rings. The summed E-state index contributed by atoms with van der Waals surface area (Å²) in [6.07, 6.45) is 4.23. The lowest BCUT2D eigenvalue weighted by atomic mass is 10.1. The summed E-state index contributed by atoms with van der Waals surface area (Å²) in [6, 6.07) is 7.71. The highest BCUT2D eigenvalue weighted by Crippen LogP contribution is 2.15. The molecule has 1 rings (SSSR count). The third kappa shape index (κ3) is 9.85. The van der Waals surface area contributed by atoms with Crippen molar-refractivity contribution in [3.05, 3.63) is 29.8 Å². The number of hydrogen-bond acceptors (Lipinski definition) is 6. The molecule has 0 aliphatic heterocycles. The van der Waals surface area contributed by atoms with Gasteiger partial charge in [0, 0.05) is 0 Å². The Labute approximate surface area is 143 Å². The second kappa shape index (κ2) is 13.1. The van der Waals surface area contributed by atoms with E-state index in [-0.39, 0.29) is 26.4 Å². The van der Waals surface area contributed by atoms with Gasteiger partial charge >= 0.3 is 0 Å². The van der Waals surface area contributed by atoms with Crippen molar-refractivity contribution in [2.45, 2.75) is 51.2 Å². The zero-order valence-corrected chi connectivity index (χ0v) is 14.4. The summed E-state index contributed by atoms with van der Waals surface area (Å²) in [4.78, 5) is 10.1. The number of benzene rings is 1. The third-order valence-corrected chi connectivity index (χ3v) is 3.49. The standard InChI is InChI=1S/C18H30O6/c1-2-3-4-5-6-15-7-9-18(10-8-15)24-23-14-17(21)13-22-12-16(20)11-19/h7-10,16-17,19-21H,2-6,11-14H2,1H3. The lowest BCUT2D eigenvalue weighted by molar-refractivity contribution is -0.227. The van der Waals surface area contributed by atoms with Crippen LogP contribution in [0.2, 0.25) is 0 Å². The van der Waals surface area contributed by atoms with Gasteiger partial charge in [-0.15, -0.1) is 0 Å². The van der Waals surface area contributed by atoms with Crippen LogP contribution in [-0.2, 0) is 16.0 Å². The first kappa shape index (κ1) is 20.9. The Morgan fingerprint density at radius 1 is 0.917 bits per heavy atom. The van der Waals surface area contributed by atoms with Crippen LogP contribution < -0.4 is 4.89 Å². The Morgan fingerprint density at radius 2 is 1.62 bits per heavy atom. The van der Waals surface area contributed by atoms with Crippen LogP contribution in [0.4, 0.5) is 0 Å². The molecule has 0 saturated carbocycles. The summed E-state index contributed by atoms with van der Waals surface area (Å²) < 4.78 is 5.03. The predicted molar refractivity (Wildman–Crippen MR) is 90.8 cm³/mol. The molecule has 0 aliphatic carbocycles. The Morgan fingerprint density at radius 3 is 2.29 bits per heavy atom. The molecular weight excluding hydrogens is 312 g/mol. The molecule has 0 aromatic heterocycles. The van der Waals surface area contributed by atoms with Gasteiger partial charge in [0.25, 0.3) is 0 Å². The van der Waals surface area contributed by atoms with E-state index in [1.54, 1.807) is 0 Å². The smallest absolute Gasteiger partial charge is 0.165 e. The number of aliphatic hydroxyl groups excluding tert-OH is 3. The van der Waals surface area contributed by atoms with Crippen molar-refractivity contribution in [2.24, 2.45) is 0 Å². The van der Waals surface area contributed by atoms with Gasteiger partial charge in [-0.3, -0.25) is 0 Å². The van der Waals surface area contributed by atoms with E-state index >= 15 is 0 Å². The fourth-order valence-electron chi connectivity index (χ4n) is 2.09. The van der Waals surface area contributed by atoms with Crippen LogP contribution in [0.15, 0.2) is 24.3 Å². The molecule has 24 heavy (non-hydrogen) atoms. The third-order valence-electron chi connectivity index (χ3n) is 3.49. The highest BCUT2D eigenvalue weighted by Gasteiger charge is 2.08. The van der Waals surface area contributed by atoms with E-state index < -0.39 is 12.2 Å². The van der Waals surface area contributed by atoms with E-state index in [1.807, 2.05) is 24.3 Å². The van der Waals surface area contributed by atoms with Crippen LogP contribution in [0.25, 0.3) is 0 Å². The molecule has 6 heteroatoms. The second-order valence-corrected chi connectivity index (χ2v) is 5.85. The number of hydrogen-bond donors (Lipinski definition) is 3. The normalized spacial score (nSPS) is 13.7. The summed E-state index contributed by atoms with van der Waals surface area (Å²) in [5.74, 6) is 0.580. The van der Waals surface area contributed by atoms with Crippen molar-refractivity contribution in [3.63, 3.8) is 0 Å². The first-order valence-electron chi connectivity index (χ1n) is 8.58. The fourth-order valence-corrected chi connectivity index (χ4v) is 2.09. The second-order valence-electron chi connectivity index (χ2n) is 5.85. The van der Waals surface area contributed by atoms with Crippen molar-refractivity contribution >= 4 is 0 Å². The van der Waals surface area contributed by atoms with Crippen molar-refractivity contribution in [1.29, 1.82) is 0 Å². The summed E-state index contributed by atoms with van der Waals surface area (Å²) in [5, 5.41) is 27.3. The molecule has 6 nitrogen and oxygen atoms in total. The maximum absolute atomic E-state index is 9.62. The molecule has 0 heterocycles. The van der Waals surface area contributed by atoms with Crippen LogP contribution in [0.3, 0.4) is 0 Å². The number of aliphatic hydroxyl groups is 3. The molecule has 0 aliphatic rings. The molecule has 1 aromatic carbocycles. The summed E-state index contributed by atoms with van der Waals surface area (Å²) in [5.41, 5.74) is 1.27. The van der Waals surface area contributed by atoms with Crippen molar-refractivity contribution < 1.29 is 29.8 Å². The number of unbranched alkanes of at least 4 members (excludes halogenated alkanes) is 3. The fraction of sp³-hybridized carbons (Fsp3) is 0.667.